The summed E-state index contributed by atoms with van der Waals surface area (Å²) in [6.45, 7) is 5.80. The molecule has 4 rings (SSSR count). The first kappa shape index (κ1) is 35.1. The maximum atomic E-state index is 13.7. The van der Waals surface area contributed by atoms with Gasteiger partial charge in [0.15, 0.2) is 6.29 Å². The SMILES string of the molecule is COc1ccc(S(=O)(=O)NC(CC(C)(C)CCCN(C)C)[C@H](O)[C@H](Cc2ccccc2)NC(=O)O[C@@H]2CO[C@@H]3OCC[C@@H]32)cc1. The van der Waals surface area contributed by atoms with Gasteiger partial charge in [0.2, 0.25) is 10.0 Å². The fourth-order valence-electron chi connectivity index (χ4n) is 6.10. The number of aliphatic hydroxyl groups excluding tert-OH is 1. The molecule has 0 aromatic heterocycles. The molecule has 0 aliphatic carbocycles. The molecule has 2 saturated heterocycles. The molecule has 45 heavy (non-hydrogen) atoms. The molecule has 2 aliphatic heterocycles. The van der Waals surface area contributed by atoms with Gasteiger partial charge in [-0.1, -0.05) is 44.2 Å². The molecule has 0 radical (unpaired) electrons. The minimum atomic E-state index is -4.05. The van der Waals surface area contributed by atoms with Crippen molar-refractivity contribution in [3.63, 3.8) is 0 Å². The third-order valence-corrected chi connectivity index (χ3v) is 10.1. The van der Waals surface area contributed by atoms with E-state index < -0.39 is 40.4 Å². The van der Waals surface area contributed by atoms with Crippen LogP contribution in [0.1, 0.15) is 45.1 Å². The van der Waals surface area contributed by atoms with Crippen LogP contribution in [-0.4, -0.2) is 96.1 Å². The molecule has 1 amide bonds. The maximum Gasteiger partial charge on any atom is 0.407 e. The number of benzene rings is 2. The van der Waals surface area contributed by atoms with Crippen molar-refractivity contribution < 1.29 is 37.3 Å². The largest absolute Gasteiger partial charge is 0.497 e. The summed E-state index contributed by atoms with van der Waals surface area (Å²) in [7, 11) is 1.49. The van der Waals surface area contributed by atoms with Crippen LogP contribution in [0.5, 0.6) is 5.75 Å². The van der Waals surface area contributed by atoms with Crippen LogP contribution in [0.4, 0.5) is 4.79 Å². The number of carbonyl (C=O) groups is 1. The van der Waals surface area contributed by atoms with Gasteiger partial charge < -0.3 is 34.3 Å². The smallest absolute Gasteiger partial charge is 0.407 e. The zero-order valence-electron chi connectivity index (χ0n) is 27.0. The second kappa shape index (κ2) is 15.7. The Bertz CT molecular complexity index is 1320. The van der Waals surface area contributed by atoms with Crippen LogP contribution in [0, 0.1) is 11.3 Å². The van der Waals surface area contributed by atoms with Crippen molar-refractivity contribution in [2.24, 2.45) is 11.3 Å². The topological polar surface area (TPSA) is 136 Å². The first-order valence-electron chi connectivity index (χ1n) is 15.6. The molecule has 12 heteroatoms. The minimum absolute atomic E-state index is 0.0414. The standard InChI is InChI=1S/C33H49N3O8S/c1-33(2,17-9-18-36(3)4)21-28(35-45(39,40)25-14-12-24(41-5)13-15-25)30(37)27(20-23-10-7-6-8-11-23)34-32(38)44-29-22-43-31-26(29)16-19-42-31/h6-8,10-15,26-31,35,37H,9,16-22H2,1-5H3,(H,34,38)/t26-,27+,28?,29-,30-,31+/m1/s1. The molecular weight excluding hydrogens is 598 g/mol. The Labute approximate surface area is 267 Å². The van der Waals surface area contributed by atoms with Gasteiger partial charge in [0.25, 0.3) is 0 Å². The summed E-state index contributed by atoms with van der Waals surface area (Å²) >= 11 is 0. The van der Waals surface area contributed by atoms with Gasteiger partial charge in [0.05, 0.1) is 49.3 Å². The number of methoxy groups -OCH3 is 1. The Balaban J connectivity index is 1.58. The molecule has 6 atom stereocenters. The number of ether oxygens (including phenoxy) is 4. The number of sulfonamides is 1. The number of carbonyl (C=O) groups excluding carboxylic acids is 1. The van der Waals surface area contributed by atoms with Gasteiger partial charge in [0.1, 0.15) is 11.9 Å². The van der Waals surface area contributed by atoms with Gasteiger partial charge >= 0.3 is 6.09 Å². The zero-order valence-corrected chi connectivity index (χ0v) is 27.8. The summed E-state index contributed by atoms with van der Waals surface area (Å²) in [5.41, 5.74) is 0.540. The van der Waals surface area contributed by atoms with Crippen molar-refractivity contribution >= 4 is 16.1 Å². The summed E-state index contributed by atoms with van der Waals surface area (Å²) in [4.78, 5) is 15.4. The average molecular weight is 648 g/mol. The lowest BCUT2D eigenvalue weighted by molar-refractivity contribution is -0.0907. The zero-order chi connectivity index (χ0) is 32.6. The number of alkyl carbamates (subject to hydrolysis) is 1. The molecule has 2 aromatic carbocycles. The van der Waals surface area contributed by atoms with Gasteiger partial charge in [-0.3, -0.25) is 0 Å². The maximum absolute atomic E-state index is 13.7. The molecule has 0 saturated carbocycles. The number of hydrogen-bond acceptors (Lipinski definition) is 9. The molecule has 2 aliphatic rings. The first-order valence-corrected chi connectivity index (χ1v) is 17.1. The molecule has 2 aromatic rings. The summed E-state index contributed by atoms with van der Waals surface area (Å²) in [6, 6.07) is 13.7. The van der Waals surface area contributed by atoms with E-state index in [1.54, 1.807) is 12.1 Å². The van der Waals surface area contributed by atoms with E-state index in [1.807, 2.05) is 44.4 Å². The van der Waals surface area contributed by atoms with Crippen LogP contribution < -0.4 is 14.8 Å². The van der Waals surface area contributed by atoms with Crippen molar-refractivity contribution in [2.75, 3.05) is 41.0 Å². The van der Waals surface area contributed by atoms with Gasteiger partial charge in [-0.25, -0.2) is 17.9 Å². The fraction of sp³-hybridized carbons (Fsp3) is 0.606. The molecular formula is C33H49N3O8S. The summed E-state index contributed by atoms with van der Waals surface area (Å²) < 4.78 is 52.3. The third-order valence-electron chi connectivity index (χ3n) is 8.58. The number of hydrogen-bond donors (Lipinski definition) is 3. The summed E-state index contributed by atoms with van der Waals surface area (Å²) in [5.74, 6) is 0.488. The van der Waals surface area contributed by atoms with Gasteiger partial charge in [-0.2, -0.15) is 0 Å². The Morgan fingerprint density at radius 2 is 1.80 bits per heavy atom. The molecule has 2 fully saturated rings. The van der Waals surface area contributed by atoms with Gasteiger partial charge in [-0.05, 0) is 88.0 Å². The monoisotopic (exact) mass is 647 g/mol. The van der Waals surface area contributed by atoms with Crippen molar-refractivity contribution in [3.05, 3.63) is 60.2 Å². The van der Waals surface area contributed by atoms with Crippen LogP contribution in [-0.2, 0) is 30.7 Å². The van der Waals surface area contributed by atoms with Gasteiger partial charge in [-0.15, -0.1) is 0 Å². The number of fused-ring (bicyclic) bond motifs is 1. The number of aliphatic hydroxyl groups is 1. The molecule has 2 heterocycles. The predicted molar refractivity (Wildman–Crippen MR) is 170 cm³/mol. The lowest BCUT2D eigenvalue weighted by Crippen LogP contribution is -2.56. The van der Waals surface area contributed by atoms with Crippen molar-refractivity contribution in [1.82, 2.24) is 14.9 Å². The molecule has 11 nitrogen and oxygen atoms in total. The quantitative estimate of drug-likeness (QED) is 0.250. The second-order valence-electron chi connectivity index (χ2n) is 13.1. The highest BCUT2D eigenvalue weighted by Crippen LogP contribution is 2.34. The van der Waals surface area contributed by atoms with Crippen molar-refractivity contribution in [3.8, 4) is 5.75 Å². The summed E-state index contributed by atoms with van der Waals surface area (Å²) in [5, 5.41) is 14.9. The Morgan fingerprint density at radius 3 is 2.47 bits per heavy atom. The lowest BCUT2D eigenvalue weighted by Gasteiger charge is -2.36. The predicted octanol–water partition coefficient (Wildman–Crippen LogP) is 3.56. The molecule has 0 spiro atoms. The van der Waals surface area contributed by atoms with E-state index in [0.29, 0.717) is 18.8 Å². The van der Waals surface area contributed by atoms with E-state index in [0.717, 1.165) is 31.4 Å². The van der Waals surface area contributed by atoms with E-state index in [4.69, 9.17) is 18.9 Å². The van der Waals surface area contributed by atoms with E-state index in [9.17, 15) is 18.3 Å². The highest BCUT2D eigenvalue weighted by atomic mass is 32.2. The van der Waals surface area contributed by atoms with Crippen LogP contribution in [0.2, 0.25) is 0 Å². The Morgan fingerprint density at radius 1 is 1.09 bits per heavy atom. The molecule has 250 valence electrons. The van der Waals surface area contributed by atoms with Crippen molar-refractivity contribution in [2.45, 2.75) is 81.4 Å². The van der Waals surface area contributed by atoms with E-state index >= 15 is 0 Å². The number of rotatable bonds is 16. The highest BCUT2D eigenvalue weighted by molar-refractivity contribution is 7.89. The number of amides is 1. The van der Waals surface area contributed by atoms with Crippen LogP contribution in [0.25, 0.3) is 0 Å². The second-order valence-corrected chi connectivity index (χ2v) is 14.8. The number of nitrogens with zero attached hydrogens (tertiary/aromatic N) is 1. The Hall–Kier alpha value is -2.74. The molecule has 0 bridgehead atoms. The van der Waals surface area contributed by atoms with Crippen LogP contribution in [0.3, 0.4) is 0 Å². The minimum Gasteiger partial charge on any atom is -0.497 e. The van der Waals surface area contributed by atoms with Crippen LogP contribution in [0.15, 0.2) is 59.5 Å². The normalized spacial score (nSPS) is 22.1. The van der Waals surface area contributed by atoms with Crippen LogP contribution >= 0.6 is 0 Å². The fourth-order valence-corrected chi connectivity index (χ4v) is 7.35. The highest BCUT2D eigenvalue weighted by Gasteiger charge is 2.44. The summed E-state index contributed by atoms with van der Waals surface area (Å²) in [6.07, 6.45) is 0.208. The number of nitrogens with one attached hydrogen (secondary N) is 2. The molecule has 1 unspecified atom stereocenters. The van der Waals surface area contributed by atoms with E-state index in [1.165, 1.54) is 19.2 Å². The van der Waals surface area contributed by atoms with E-state index in [-0.39, 0.29) is 35.5 Å². The van der Waals surface area contributed by atoms with Crippen molar-refractivity contribution in [1.29, 1.82) is 0 Å². The lowest BCUT2D eigenvalue weighted by atomic mass is 9.79. The molecule has 3 N–H and O–H groups in total. The first-order chi connectivity index (χ1) is 21.4. The van der Waals surface area contributed by atoms with Gasteiger partial charge in [0, 0.05) is 0 Å². The average Bonchev–Trinajstić information content (AvgIpc) is 3.61. The van der Waals surface area contributed by atoms with E-state index in [2.05, 4.69) is 28.8 Å². The third kappa shape index (κ3) is 10.1. The Kier molecular flexibility index (Phi) is 12.3.